The topological polar surface area (TPSA) is 77.3 Å². The number of hydrogen-bond acceptors (Lipinski definition) is 6. The van der Waals surface area contributed by atoms with Crippen molar-refractivity contribution in [2.45, 2.75) is 39.2 Å². The highest BCUT2D eigenvalue weighted by molar-refractivity contribution is 7.12. The van der Waals surface area contributed by atoms with Crippen molar-refractivity contribution in [3.05, 3.63) is 33.6 Å². The summed E-state index contributed by atoms with van der Waals surface area (Å²) < 4.78 is 10.8. The Bertz CT molecular complexity index is 661. The molecular weight excluding hydrogens is 314 g/mol. The Balaban J connectivity index is 1.82. The summed E-state index contributed by atoms with van der Waals surface area (Å²) in [6.07, 6.45) is 2.59. The number of carbonyl (C=O) groups excluding carboxylic acids is 1. The van der Waals surface area contributed by atoms with E-state index in [0.717, 1.165) is 29.7 Å². The molecule has 6 nitrogen and oxygen atoms in total. The highest BCUT2D eigenvalue weighted by Gasteiger charge is 2.32. The van der Waals surface area contributed by atoms with Crippen LogP contribution in [0.2, 0.25) is 0 Å². The summed E-state index contributed by atoms with van der Waals surface area (Å²) in [6.45, 7) is 5.23. The Morgan fingerprint density at radius 3 is 2.91 bits per heavy atom. The second kappa shape index (κ2) is 7.23. The quantitative estimate of drug-likeness (QED) is 0.909. The molecule has 1 saturated heterocycles. The lowest BCUT2D eigenvalue weighted by Crippen LogP contribution is -2.36. The summed E-state index contributed by atoms with van der Waals surface area (Å²) in [7, 11) is 0. The number of rotatable bonds is 5. The van der Waals surface area contributed by atoms with Crippen LogP contribution in [-0.2, 0) is 11.2 Å². The molecule has 1 atom stereocenters. The Morgan fingerprint density at radius 2 is 2.26 bits per heavy atom. The first-order chi connectivity index (χ1) is 11.2. The van der Waals surface area contributed by atoms with Crippen molar-refractivity contribution in [2.24, 2.45) is 5.92 Å². The number of ether oxygens (including phenoxy) is 1. The van der Waals surface area contributed by atoms with Crippen molar-refractivity contribution in [3.8, 4) is 0 Å². The summed E-state index contributed by atoms with van der Waals surface area (Å²) in [4.78, 5) is 17.8. The van der Waals surface area contributed by atoms with E-state index in [0.29, 0.717) is 24.9 Å². The van der Waals surface area contributed by atoms with Crippen molar-refractivity contribution in [2.75, 3.05) is 13.2 Å². The molecule has 23 heavy (non-hydrogen) atoms. The Labute approximate surface area is 139 Å². The van der Waals surface area contributed by atoms with Gasteiger partial charge in [-0.2, -0.15) is 4.98 Å². The lowest BCUT2D eigenvalue weighted by atomic mass is 9.91. The van der Waals surface area contributed by atoms with Gasteiger partial charge in [0.1, 0.15) is 6.04 Å². The smallest absolute Gasteiger partial charge is 0.262 e. The van der Waals surface area contributed by atoms with Crippen molar-refractivity contribution >= 4 is 17.2 Å². The van der Waals surface area contributed by atoms with E-state index in [1.54, 1.807) is 6.92 Å². The molecule has 2 aromatic heterocycles. The molecule has 1 aliphatic rings. The van der Waals surface area contributed by atoms with Crippen LogP contribution in [0.25, 0.3) is 0 Å². The first-order valence-corrected chi connectivity index (χ1v) is 8.82. The molecule has 0 bridgehead atoms. The van der Waals surface area contributed by atoms with Gasteiger partial charge in [-0.15, -0.1) is 11.3 Å². The monoisotopic (exact) mass is 335 g/mol. The van der Waals surface area contributed by atoms with Gasteiger partial charge in [-0.25, -0.2) is 0 Å². The van der Waals surface area contributed by atoms with Crippen LogP contribution in [0, 0.1) is 12.8 Å². The summed E-state index contributed by atoms with van der Waals surface area (Å²) >= 11 is 1.47. The molecule has 124 valence electrons. The van der Waals surface area contributed by atoms with Gasteiger partial charge in [0.15, 0.2) is 5.82 Å². The van der Waals surface area contributed by atoms with E-state index in [1.807, 2.05) is 11.4 Å². The molecule has 1 amide bonds. The predicted octanol–water partition coefficient (Wildman–Crippen LogP) is 2.90. The average molecular weight is 335 g/mol. The summed E-state index contributed by atoms with van der Waals surface area (Å²) in [5, 5.41) is 8.94. The maximum Gasteiger partial charge on any atom is 0.262 e. The van der Waals surface area contributed by atoms with Crippen LogP contribution in [0.1, 0.15) is 52.8 Å². The van der Waals surface area contributed by atoms with Gasteiger partial charge in [0.25, 0.3) is 5.91 Å². The number of nitrogens with zero attached hydrogens (tertiary/aromatic N) is 2. The zero-order chi connectivity index (χ0) is 16.2. The molecule has 0 aliphatic carbocycles. The van der Waals surface area contributed by atoms with Crippen LogP contribution in [0.3, 0.4) is 0 Å². The molecular formula is C16H21N3O3S. The van der Waals surface area contributed by atoms with Crippen molar-refractivity contribution in [1.82, 2.24) is 15.5 Å². The second-order valence-electron chi connectivity index (χ2n) is 5.71. The van der Waals surface area contributed by atoms with Crippen molar-refractivity contribution in [1.29, 1.82) is 0 Å². The number of nitrogens with one attached hydrogen (secondary N) is 1. The first kappa shape index (κ1) is 16.1. The normalized spacial score (nSPS) is 17.1. The van der Waals surface area contributed by atoms with Gasteiger partial charge in [0, 0.05) is 13.2 Å². The van der Waals surface area contributed by atoms with Gasteiger partial charge < -0.3 is 14.6 Å². The summed E-state index contributed by atoms with van der Waals surface area (Å²) in [6, 6.07) is 1.74. The number of hydrogen-bond donors (Lipinski definition) is 1. The van der Waals surface area contributed by atoms with Crippen molar-refractivity contribution < 1.29 is 14.1 Å². The number of aryl methyl sites for hydroxylation is 2. The highest BCUT2D eigenvalue weighted by atomic mass is 32.1. The third-order valence-corrected chi connectivity index (χ3v) is 5.12. The van der Waals surface area contributed by atoms with Crippen LogP contribution in [0.4, 0.5) is 0 Å². The zero-order valence-electron chi connectivity index (χ0n) is 13.4. The Morgan fingerprint density at radius 1 is 1.48 bits per heavy atom. The largest absolute Gasteiger partial charge is 0.381 e. The van der Waals surface area contributed by atoms with Gasteiger partial charge in [-0.1, -0.05) is 12.1 Å². The van der Waals surface area contributed by atoms with Crippen LogP contribution >= 0.6 is 11.3 Å². The van der Waals surface area contributed by atoms with Crippen LogP contribution in [0.5, 0.6) is 0 Å². The van der Waals surface area contributed by atoms with E-state index in [2.05, 4.69) is 22.4 Å². The summed E-state index contributed by atoms with van der Waals surface area (Å²) in [5.74, 6) is 1.25. The molecule has 0 saturated carbocycles. The molecule has 1 aliphatic heterocycles. The van der Waals surface area contributed by atoms with E-state index >= 15 is 0 Å². The summed E-state index contributed by atoms with van der Waals surface area (Å²) in [5.41, 5.74) is 1.07. The average Bonchev–Trinajstić information content (AvgIpc) is 3.21. The minimum absolute atomic E-state index is 0.0656. The lowest BCUT2D eigenvalue weighted by molar-refractivity contribution is 0.0468. The molecule has 3 heterocycles. The van der Waals surface area contributed by atoms with Crippen molar-refractivity contribution in [3.63, 3.8) is 0 Å². The fraction of sp³-hybridized carbons (Fsp3) is 0.562. The fourth-order valence-electron chi connectivity index (χ4n) is 2.89. The first-order valence-electron chi connectivity index (χ1n) is 7.94. The van der Waals surface area contributed by atoms with E-state index in [4.69, 9.17) is 9.26 Å². The van der Waals surface area contributed by atoms with Crippen LogP contribution < -0.4 is 5.32 Å². The second-order valence-corrected chi connectivity index (χ2v) is 6.63. The zero-order valence-corrected chi connectivity index (χ0v) is 14.2. The third kappa shape index (κ3) is 3.61. The van der Waals surface area contributed by atoms with Crippen LogP contribution in [-0.4, -0.2) is 29.3 Å². The van der Waals surface area contributed by atoms with E-state index in [1.165, 1.54) is 11.3 Å². The Kier molecular flexibility index (Phi) is 5.07. The molecule has 7 heteroatoms. The molecule has 0 spiro atoms. The van der Waals surface area contributed by atoms with Gasteiger partial charge in [-0.05, 0) is 49.1 Å². The maximum absolute atomic E-state index is 12.7. The maximum atomic E-state index is 12.7. The SMILES string of the molecule is CCc1ccsc1C(=O)N[C@H](c1nc(C)no1)C1CCOCC1. The number of carbonyl (C=O) groups is 1. The molecule has 1 fully saturated rings. The molecule has 0 unspecified atom stereocenters. The van der Waals surface area contributed by atoms with E-state index in [-0.39, 0.29) is 17.9 Å². The number of amides is 1. The minimum atomic E-state index is -0.264. The molecule has 2 aromatic rings. The standard InChI is InChI=1S/C16H21N3O3S/c1-3-11-6-9-23-14(11)15(20)18-13(12-4-7-21-8-5-12)16-17-10(2)19-22-16/h6,9,12-13H,3-5,7-8H2,1-2H3,(H,18,20)/t13-/m0/s1. The lowest BCUT2D eigenvalue weighted by Gasteiger charge is -2.28. The van der Waals surface area contributed by atoms with Gasteiger partial charge in [-0.3, -0.25) is 4.79 Å². The third-order valence-electron chi connectivity index (χ3n) is 4.17. The molecule has 1 N–H and O–H groups in total. The molecule has 0 aromatic carbocycles. The predicted molar refractivity (Wildman–Crippen MR) is 86.5 cm³/mol. The van der Waals surface area contributed by atoms with Crippen LogP contribution in [0.15, 0.2) is 16.0 Å². The van der Waals surface area contributed by atoms with Gasteiger partial charge in [0.2, 0.25) is 5.89 Å². The number of thiophene rings is 1. The van der Waals surface area contributed by atoms with Gasteiger partial charge in [0.05, 0.1) is 4.88 Å². The Hall–Kier alpha value is -1.73. The fourth-order valence-corrected chi connectivity index (χ4v) is 3.79. The minimum Gasteiger partial charge on any atom is -0.381 e. The molecule has 3 rings (SSSR count). The van der Waals surface area contributed by atoms with Gasteiger partial charge >= 0.3 is 0 Å². The highest BCUT2D eigenvalue weighted by Crippen LogP contribution is 2.30. The van der Waals surface area contributed by atoms with E-state index in [9.17, 15) is 4.79 Å². The van der Waals surface area contributed by atoms with E-state index < -0.39 is 0 Å². The molecule has 0 radical (unpaired) electrons. The number of aromatic nitrogens is 2.